The van der Waals surface area contributed by atoms with Crippen LogP contribution in [-0.2, 0) is 27.9 Å². The Balaban J connectivity index is 0.00000178. The number of carbonyl (C=O) groups excluding carboxylic acids is 3. The summed E-state index contributed by atoms with van der Waals surface area (Å²) in [5, 5.41) is 2.54. The van der Waals surface area contributed by atoms with E-state index in [0.717, 1.165) is 5.56 Å². The Kier molecular flexibility index (Phi) is 10.1. The van der Waals surface area contributed by atoms with Crippen LogP contribution in [0.5, 0.6) is 0 Å². The van der Waals surface area contributed by atoms with Crippen LogP contribution in [0.2, 0.25) is 0 Å². The molecule has 0 bridgehead atoms. The second-order valence-corrected chi connectivity index (χ2v) is 5.06. The number of methoxy groups -OCH3 is 1. The molecule has 0 atom stereocenters. The van der Waals surface area contributed by atoms with Crippen molar-refractivity contribution in [3.05, 3.63) is 35.5 Å². The standard InChI is InChI=1S/C14H23N5O3.CH3NO/c1-18(9-12(16)17-13(20)4-5-15)7-10-6-11(14(21)22-3)19(2)8-10;2-1-3/h6,8-9H,4-5,7,15-16H2,1-3H3,(H,17,20);1H,(H2,2,3)/b12-9+;. The van der Waals surface area contributed by atoms with Crippen molar-refractivity contribution >= 4 is 18.3 Å². The number of ether oxygens (including phenoxy) is 1. The lowest BCUT2D eigenvalue weighted by Crippen LogP contribution is -2.30. The Labute approximate surface area is 146 Å². The van der Waals surface area contributed by atoms with E-state index in [1.165, 1.54) is 7.11 Å². The molecule has 2 amide bonds. The Bertz CT molecular complexity index is 611. The number of esters is 1. The fourth-order valence-electron chi connectivity index (χ4n) is 1.98. The molecule has 10 heteroatoms. The fraction of sp³-hybridized carbons (Fsp3) is 0.400. The average molecular weight is 354 g/mol. The third kappa shape index (κ3) is 8.42. The van der Waals surface area contributed by atoms with E-state index in [0.29, 0.717) is 12.2 Å². The van der Waals surface area contributed by atoms with E-state index in [9.17, 15) is 9.59 Å². The topological polar surface area (TPSA) is 159 Å². The number of nitrogens with one attached hydrogen (secondary N) is 1. The molecule has 0 saturated heterocycles. The summed E-state index contributed by atoms with van der Waals surface area (Å²) in [6, 6.07) is 1.75. The molecule has 0 saturated carbocycles. The first-order valence-corrected chi connectivity index (χ1v) is 7.35. The number of carbonyl (C=O) groups is 3. The van der Waals surface area contributed by atoms with E-state index in [1.807, 2.05) is 13.2 Å². The van der Waals surface area contributed by atoms with Gasteiger partial charge in [-0.25, -0.2) is 4.79 Å². The van der Waals surface area contributed by atoms with E-state index in [2.05, 4.69) is 11.1 Å². The van der Waals surface area contributed by atoms with Crippen LogP contribution in [0.3, 0.4) is 0 Å². The molecule has 0 fully saturated rings. The van der Waals surface area contributed by atoms with Crippen LogP contribution in [0.4, 0.5) is 0 Å². The molecule has 0 aliphatic carbocycles. The molecule has 25 heavy (non-hydrogen) atoms. The third-order valence-corrected chi connectivity index (χ3v) is 2.90. The number of aromatic nitrogens is 1. The molecular weight excluding hydrogens is 328 g/mol. The molecule has 0 aliphatic heterocycles. The fourth-order valence-corrected chi connectivity index (χ4v) is 1.98. The van der Waals surface area contributed by atoms with E-state index in [-0.39, 0.29) is 37.1 Å². The van der Waals surface area contributed by atoms with Crippen LogP contribution in [0, 0.1) is 0 Å². The highest BCUT2D eigenvalue weighted by atomic mass is 16.5. The Hall–Kier alpha value is -3.01. The lowest BCUT2D eigenvalue weighted by atomic mass is 10.3. The maximum Gasteiger partial charge on any atom is 0.354 e. The van der Waals surface area contributed by atoms with Crippen LogP contribution in [0.15, 0.2) is 24.3 Å². The van der Waals surface area contributed by atoms with Crippen molar-refractivity contribution in [1.82, 2.24) is 14.8 Å². The maximum absolute atomic E-state index is 11.5. The van der Waals surface area contributed by atoms with E-state index in [4.69, 9.17) is 21.0 Å². The number of aryl methyl sites for hydroxylation is 1. The number of amides is 2. The first-order chi connectivity index (χ1) is 11.8. The Morgan fingerprint density at radius 2 is 2.04 bits per heavy atom. The molecule has 10 nitrogen and oxygen atoms in total. The minimum Gasteiger partial charge on any atom is -0.464 e. The number of hydrogen-bond donors (Lipinski definition) is 4. The highest BCUT2D eigenvalue weighted by molar-refractivity contribution is 5.87. The molecule has 1 rings (SSSR count). The zero-order chi connectivity index (χ0) is 19.4. The van der Waals surface area contributed by atoms with Gasteiger partial charge in [0, 0.05) is 46.0 Å². The van der Waals surface area contributed by atoms with Crippen LogP contribution in [-0.4, -0.2) is 48.5 Å². The van der Waals surface area contributed by atoms with Gasteiger partial charge in [-0.05, 0) is 11.6 Å². The molecule has 7 N–H and O–H groups in total. The summed E-state index contributed by atoms with van der Waals surface area (Å²) in [5.41, 5.74) is 16.6. The molecular formula is C15H26N6O4. The minimum atomic E-state index is -0.388. The van der Waals surface area contributed by atoms with Gasteiger partial charge in [-0.2, -0.15) is 0 Å². The molecule has 0 radical (unpaired) electrons. The normalized spacial score (nSPS) is 10.3. The van der Waals surface area contributed by atoms with Crippen molar-refractivity contribution in [3.8, 4) is 0 Å². The van der Waals surface area contributed by atoms with Gasteiger partial charge in [-0.3, -0.25) is 9.59 Å². The van der Waals surface area contributed by atoms with Gasteiger partial charge >= 0.3 is 5.97 Å². The van der Waals surface area contributed by atoms with Crippen molar-refractivity contribution < 1.29 is 19.1 Å². The van der Waals surface area contributed by atoms with Crippen molar-refractivity contribution in [3.63, 3.8) is 0 Å². The van der Waals surface area contributed by atoms with Gasteiger partial charge in [-0.15, -0.1) is 0 Å². The van der Waals surface area contributed by atoms with Gasteiger partial charge in [0.1, 0.15) is 11.5 Å². The van der Waals surface area contributed by atoms with Crippen LogP contribution < -0.4 is 22.5 Å². The number of nitrogens with zero attached hydrogens (tertiary/aromatic N) is 2. The van der Waals surface area contributed by atoms with E-state index >= 15 is 0 Å². The highest BCUT2D eigenvalue weighted by Crippen LogP contribution is 2.11. The number of hydrogen-bond acceptors (Lipinski definition) is 7. The third-order valence-electron chi connectivity index (χ3n) is 2.90. The van der Waals surface area contributed by atoms with Gasteiger partial charge < -0.3 is 36.7 Å². The van der Waals surface area contributed by atoms with Gasteiger partial charge in [0.2, 0.25) is 12.3 Å². The van der Waals surface area contributed by atoms with Gasteiger partial charge in [-0.1, -0.05) is 0 Å². The SMILES string of the molecule is COC(=O)c1cc(CN(C)/C=C(\N)NC(=O)CCN)cn1C.NC=O. The summed E-state index contributed by atoms with van der Waals surface area (Å²) in [6.45, 7) is 0.799. The molecule has 0 unspecified atom stereocenters. The molecule has 0 spiro atoms. The molecule has 0 aliphatic rings. The lowest BCUT2D eigenvalue weighted by Gasteiger charge is -2.14. The van der Waals surface area contributed by atoms with Gasteiger partial charge in [0.25, 0.3) is 0 Å². The number of primary amides is 1. The summed E-state index contributed by atoms with van der Waals surface area (Å²) in [4.78, 5) is 33.3. The Morgan fingerprint density at radius 3 is 2.56 bits per heavy atom. The average Bonchev–Trinajstić information content (AvgIpc) is 2.87. The summed E-state index contributed by atoms with van der Waals surface area (Å²) < 4.78 is 6.40. The molecule has 1 aromatic heterocycles. The quantitative estimate of drug-likeness (QED) is 0.345. The molecule has 0 aromatic carbocycles. The van der Waals surface area contributed by atoms with Gasteiger partial charge in [0.15, 0.2) is 0 Å². The van der Waals surface area contributed by atoms with E-state index in [1.54, 1.807) is 28.8 Å². The summed E-state index contributed by atoms with van der Waals surface area (Å²) in [6.07, 6.45) is 3.92. The zero-order valence-electron chi connectivity index (χ0n) is 14.7. The minimum absolute atomic E-state index is 0.222. The van der Waals surface area contributed by atoms with Crippen molar-refractivity contribution in [2.75, 3.05) is 20.7 Å². The molecule has 1 aromatic rings. The predicted molar refractivity (Wildman–Crippen MR) is 92.6 cm³/mol. The first-order valence-electron chi connectivity index (χ1n) is 7.35. The van der Waals surface area contributed by atoms with Gasteiger partial charge in [0.05, 0.1) is 7.11 Å². The summed E-state index contributed by atoms with van der Waals surface area (Å²) in [5.74, 6) is -0.372. The lowest BCUT2D eigenvalue weighted by molar-refractivity contribution is -0.120. The molecule has 1 heterocycles. The highest BCUT2D eigenvalue weighted by Gasteiger charge is 2.12. The second kappa shape index (κ2) is 11.5. The maximum atomic E-state index is 11.5. The van der Waals surface area contributed by atoms with Crippen molar-refractivity contribution in [2.45, 2.75) is 13.0 Å². The number of nitrogens with two attached hydrogens (primary N) is 3. The van der Waals surface area contributed by atoms with E-state index < -0.39 is 0 Å². The largest absolute Gasteiger partial charge is 0.464 e. The smallest absolute Gasteiger partial charge is 0.354 e. The van der Waals surface area contributed by atoms with Crippen LogP contribution >= 0.6 is 0 Å². The van der Waals surface area contributed by atoms with Crippen LogP contribution in [0.25, 0.3) is 0 Å². The summed E-state index contributed by atoms with van der Waals surface area (Å²) in [7, 11) is 4.92. The van der Waals surface area contributed by atoms with Crippen molar-refractivity contribution in [1.29, 1.82) is 0 Å². The molecule has 140 valence electrons. The predicted octanol–water partition coefficient (Wildman–Crippen LogP) is -1.43. The second-order valence-electron chi connectivity index (χ2n) is 5.06. The Morgan fingerprint density at radius 1 is 1.44 bits per heavy atom. The first kappa shape index (κ1) is 22.0. The zero-order valence-corrected chi connectivity index (χ0v) is 14.7. The summed E-state index contributed by atoms with van der Waals surface area (Å²) >= 11 is 0. The van der Waals surface area contributed by atoms with Crippen molar-refractivity contribution in [2.24, 2.45) is 24.2 Å². The van der Waals surface area contributed by atoms with Crippen LogP contribution in [0.1, 0.15) is 22.5 Å². The number of rotatable bonds is 7. The monoisotopic (exact) mass is 354 g/mol.